The number of ether oxygens (including phenoxy) is 1. The summed E-state index contributed by atoms with van der Waals surface area (Å²) >= 11 is 5.07. The van der Waals surface area contributed by atoms with Crippen LogP contribution in [0.4, 0.5) is 16.2 Å². The van der Waals surface area contributed by atoms with Crippen LogP contribution < -0.4 is 10.6 Å². The number of thiocarbonyl (C=S) groups is 1. The number of methoxy groups -OCH3 is 1. The van der Waals surface area contributed by atoms with Crippen LogP contribution in [0.1, 0.15) is 11.1 Å². The third kappa shape index (κ3) is 5.19. The fourth-order valence-electron chi connectivity index (χ4n) is 1.83. The SMILES string of the molecule is COC(=O)NC(=S)Nc1ccc(C)cc1/N=C/c1ccccc1. The summed E-state index contributed by atoms with van der Waals surface area (Å²) in [7, 11) is 1.28. The van der Waals surface area contributed by atoms with Crippen LogP contribution in [0.5, 0.6) is 0 Å². The van der Waals surface area contributed by atoms with Crippen molar-refractivity contribution >= 4 is 41.0 Å². The van der Waals surface area contributed by atoms with Crippen LogP contribution in [0.25, 0.3) is 0 Å². The highest BCUT2D eigenvalue weighted by atomic mass is 32.1. The minimum atomic E-state index is -0.621. The standard InChI is InChI=1S/C17H17N3O2S/c1-12-8-9-14(19-16(23)20-17(21)22-2)15(10-12)18-11-13-6-4-3-5-7-13/h3-11H,1-2H3,(H2,19,20,21,23)/b18-11+. The Morgan fingerprint density at radius 3 is 2.65 bits per heavy atom. The number of aliphatic imine (C=N–C) groups is 1. The molecule has 5 nitrogen and oxygen atoms in total. The second-order valence-electron chi connectivity index (χ2n) is 4.76. The normalized spacial score (nSPS) is 10.3. The predicted molar refractivity (Wildman–Crippen MR) is 96.6 cm³/mol. The third-order valence-electron chi connectivity index (χ3n) is 2.95. The number of nitrogens with one attached hydrogen (secondary N) is 2. The number of anilines is 1. The van der Waals surface area contributed by atoms with Gasteiger partial charge in [0.1, 0.15) is 0 Å². The van der Waals surface area contributed by atoms with Crippen LogP contribution in [0.3, 0.4) is 0 Å². The first-order valence-corrected chi connectivity index (χ1v) is 7.35. The number of nitrogens with zero attached hydrogens (tertiary/aromatic N) is 1. The molecule has 23 heavy (non-hydrogen) atoms. The lowest BCUT2D eigenvalue weighted by atomic mass is 10.2. The molecule has 0 aromatic heterocycles. The molecule has 0 saturated heterocycles. The van der Waals surface area contributed by atoms with Gasteiger partial charge in [-0.05, 0) is 42.4 Å². The number of aryl methyl sites for hydroxylation is 1. The van der Waals surface area contributed by atoms with Crippen LogP contribution in [0.15, 0.2) is 53.5 Å². The monoisotopic (exact) mass is 327 g/mol. The van der Waals surface area contributed by atoms with Crippen LogP contribution in [0.2, 0.25) is 0 Å². The molecule has 2 aromatic carbocycles. The molecule has 1 amide bonds. The zero-order valence-electron chi connectivity index (χ0n) is 12.9. The quantitative estimate of drug-likeness (QED) is 0.665. The molecule has 0 aliphatic carbocycles. The highest BCUT2D eigenvalue weighted by Crippen LogP contribution is 2.26. The summed E-state index contributed by atoms with van der Waals surface area (Å²) in [6, 6.07) is 15.5. The lowest BCUT2D eigenvalue weighted by Gasteiger charge is -2.11. The van der Waals surface area contributed by atoms with Crippen molar-refractivity contribution in [2.75, 3.05) is 12.4 Å². The van der Waals surface area contributed by atoms with Gasteiger partial charge in [-0.2, -0.15) is 0 Å². The highest BCUT2D eigenvalue weighted by molar-refractivity contribution is 7.80. The molecular formula is C17H17N3O2S. The maximum absolute atomic E-state index is 11.2. The van der Waals surface area contributed by atoms with Gasteiger partial charge in [0, 0.05) is 6.21 Å². The van der Waals surface area contributed by atoms with Crippen molar-refractivity contribution in [2.45, 2.75) is 6.92 Å². The summed E-state index contributed by atoms with van der Waals surface area (Å²) in [6.45, 7) is 1.98. The molecule has 2 rings (SSSR count). The Morgan fingerprint density at radius 1 is 1.22 bits per heavy atom. The summed E-state index contributed by atoms with van der Waals surface area (Å²) in [5.41, 5.74) is 3.49. The average Bonchev–Trinajstić information content (AvgIpc) is 2.55. The van der Waals surface area contributed by atoms with Crippen molar-refractivity contribution < 1.29 is 9.53 Å². The maximum Gasteiger partial charge on any atom is 0.413 e. The molecular weight excluding hydrogens is 310 g/mol. The number of hydrogen-bond donors (Lipinski definition) is 2. The Balaban J connectivity index is 2.19. The first-order chi connectivity index (χ1) is 11.1. The summed E-state index contributed by atoms with van der Waals surface area (Å²) in [5, 5.41) is 5.50. The molecule has 0 saturated carbocycles. The number of hydrogen-bond acceptors (Lipinski definition) is 4. The third-order valence-corrected chi connectivity index (χ3v) is 3.16. The summed E-state index contributed by atoms with van der Waals surface area (Å²) in [5.74, 6) is 0. The first kappa shape index (κ1) is 16.6. The highest BCUT2D eigenvalue weighted by Gasteiger charge is 2.07. The molecule has 6 heteroatoms. The summed E-state index contributed by atoms with van der Waals surface area (Å²) in [6.07, 6.45) is 1.15. The Hall–Kier alpha value is -2.73. The van der Waals surface area contributed by atoms with Gasteiger partial charge in [-0.25, -0.2) is 4.79 Å². The van der Waals surface area contributed by atoms with E-state index >= 15 is 0 Å². The summed E-state index contributed by atoms with van der Waals surface area (Å²) < 4.78 is 4.51. The van der Waals surface area contributed by atoms with E-state index in [2.05, 4.69) is 20.4 Å². The van der Waals surface area contributed by atoms with Crippen LogP contribution in [-0.4, -0.2) is 24.5 Å². The van der Waals surface area contributed by atoms with Gasteiger partial charge in [0.2, 0.25) is 0 Å². The largest absolute Gasteiger partial charge is 0.453 e. The predicted octanol–water partition coefficient (Wildman–Crippen LogP) is 3.80. The number of rotatable bonds is 3. The van der Waals surface area contributed by atoms with E-state index in [0.717, 1.165) is 16.8 Å². The van der Waals surface area contributed by atoms with E-state index in [1.165, 1.54) is 7.11 Å². The number of carbonyl (C=O) groups excluding carboxylic acids is 1. The zero-order chi connectivity index (χ0) is 16.7. The molecule has 2 N–H and O–H groups in total. The fraction of sp³-hybridized carbons (Fsp3) is 0.118. The second-order valence-corrected chi connectivity index (χ2v) is 5.17. The van der Waals surface area contributed by atoms with Gasteiger partial charge in [-0.15, -0.1) is 0 Å². The molecule has 0 heterocycles. The molecule has 0 radical (unpaired) electrons. The van der Waals surface area contributed by atoms with E-state index in [9.17, 15) is 4.79 Å². The van der Waals surface area contributed by atoms with Crippen molar-refractivity contribution in [1.29, 1.82) is 0 Å². The lowest BCUT2D eigenvalue weighted by Crippen LogP contribution is -2.33. The van der Waals surface area contributed by atoms with E-state index in [1.54, 1.807) is 6.21 Å². The van der Waals surface area contributed by atoms with Gasteiger partial charge in [0.25, 0.3) is 0 Å². The van der Waals surface area contributed by atoms with Crippen molar-refractivity contribution in [3.8, 4) is 0 Å². The average molecular weight is 327 g/mol. The topological polar surface area (TPSA) is 62.7 Å². The van der Waals surface area contributed by atoms with Gasteiger partial charge in [0.15, 0.2) is 5.11 Å². The molecule has 118 valence electrons. The van der Waals surface area contributed by atoms with E-state index in [0.29, 0.717) is 5.69 Å². The van der Waals surface area contributed by atoms with Crippen molar-refractivity contribution in [1.82, 2.24) is 5.32 Å². The number of amides is 1. The van der Waals surface area contributed by atoms with Gasteiger partial charge in [-0.1, -0.05) is 36.4 Å². The number of benzene rings is 2. The van der Waals surface area contributed by atoms with Gasteiger partial charge >= 0.3 is 6.09 Å². The Morgan fingerprint density at radius 2 is 1.96 bits per heavy atom. The lowest BCUT2D eigenvalue weighted by molar-refractivity contribution is 0.177. The molecule has 0 aliphatic rings. The Kier molecular flexibility index (Phi) is 5.82. The van der Waals surface area contributed by atoms with Crippen molar-refractivity contribution in [3.05, 3.63) is 59.7 Å². The van der Waals surface area contributed by atoms with Crippen LogP contribution in [0, 0.1) is 6.92 Å². The van der Waals surface area contributed by atoms with E-state index in [4.69, 9.17) is 12.2 Å². The maximum atomic E-state index is 11.2. The molecule has 0 spiro atoms. The second kappa shape index (κ2) is 8.05. The van der Waals surface area contributed by atoms with Gasteiger partial charge < -0.3 is 10.1 Å². The van der Waals surface area contributed by atoms with E-state index in [-0.39, 0.29) is 5.11 Å². The molecule has 0 unspecified atom stereocenters. The van der Waals surface area contributed by atoms with Crippen LogP contribution >= 0.6 is 12.2 Å². The first-order valence-electron chi connectivity index (χ1n) is 6.94. The molecule has 0 aliphatic heterocycles. The van der Waals surface area contributed by atoms with E-state index < -0.39 is 6.09 Å². The van der Waals surface area contributed by atoms with E-state index in [1.807, 2.05) is 55.5 Å². The molecule has 2 aromatic rings. The van der Waals surface area contributed by atoms with Crippen molar-refractivity contribution in [2.24, 2.45) is 4.99 Å². The Bertz CT molecular complexity index is 730. The zero-order valence-corrected chi connectivity index (χ0v) is 13.7. The molecule has 0 bridgehead atoms. The van der Waals surface area contributed by atoms with Gasteiger partial charge in [0.05, 0.1) is 18.5 Å². The minimum absolute atomic E-state index is 0.150. The summed E-state index contributed by atoms with van der Waals surface area (Å²) in [4.78, 5) is 15.7. The Labute approximate surface area is 140 Å². The van der Waals surface area contributed by atoms with Crippen molar-refractivity contribution in [3.63, 3.8) is 0 Å². The minimum Gasteiger partial charge on any atom is -0.453 e. The van der Waals surface area contributed by atoms with Crippen LogP contribution in [-0.2, 0) is 4.74 Å². The molecule has 0 fully saturated rings. The number of alkyl carbamates (subject to hydrolysis) is 1. The van der Waals surface area contributed by atoms with Gasteiger partial charge in [-0.3, -0.25) is 10.3 Å². The fourth-order valence-corrected chi connectivity index (χ4v) is 2.03. The smallest absolute Gasteiger partial charge is 0.413 e. The molecule has 0 atom stereocenters. The number of carbonyl (C=O) groups is 1.